The molecule has 2 heterocycles. The molecule has 0 bridgehead atoms. The molecule has 1 aromatic rings. The summed E-state index contributed by atoms with van der Waals surface area (Å²) in [5, 5.41) is 3.20. The van der Waals surface area contributed by atoms with Crippen molar-refractivity contribution in [3.8, 4) is 0 Å². The first-order valence-electron chi connectivity index (χ1n) is 6.39. The molecule has 1 fully saturated rings. The van der Waals surface area contributed by atoms with Crippen LogP contribution in [0.15, 0.2) is 16.7 Å². The summed E-state index contributed by atoms with van der Waals surface area (Å²) in [6.45, 7) is 5.53. The second kappa shape index (κ2) is 6.50. The molecule has 1 aliphatic heterocycles. The number of aromatic nitrogens is 1. The summed E-state index contributed by atoms with van der Waals surface area (Å²) in [5.74, 6) is 1.09. The van der Waals surface area contributed by atoms with Crippen molar-refractivity contribution in [3.05, 3.63) is 22.3 Å². The molecule has 2 rings (SSSR count). The summed E-state index contributed by atoms with van der Waals surface area (Å²) >= 11 is 3.49. The zero-order chi connectivity index (χ0) is 13.0. The Labute approximate surface area is 117 Å². The molecular formula is C13H20BrN3O. The van der Waals surface area contributed by atoms with Crippen LogP contribution in [0.1, 0.15) is 18.9 Å². The number of hydrogen-bond acceptors (Lipinski definition) is 4. The van der Waals surface area contributed by atoms with Gasteiger partial charge in [0, 0.05) is 29.3 Å². The van der Waals surface area contributed by atoms with E-state index in [9.17, 15) is 0 Å². The Kier molecular flexibility index (Phi) is 4.97. The number of nitrogens with one attached hydrogen (secondary N) is 1. The van der Waals surface area contributed by atoms with Crippen LogP contribution in [-0.2, 0) is 11.3 Å². The van der Waals surface area contributed by atoms with Crippen molar-refractivity contribution >= 4 is 21.7 Å². The fraction of sp³-hybridized carbons (Fsp3) is 0.615. The van der Waals surface area contributed by atoms with Crippen LogP contribution < -0.4 is 10.2 Å². The van der Waals surface area contributed by atoms with Gasteiger partial charge in [-0.1, -0.05) is 6.92 Å². The number of halogens is 1. The quantitative estimate of drug-likeness (QED) is 0.924. The normalized spacial score (nSPS) is 20.2. The Morgan fingerprint density at radius 3 is 3.17 bits per heavy atom. The van der Waals surface area contributed by atoms with Crippen molar-refractivity contribution in [3.63, 3.8) is 0 Å². The van der Waals surface area contributed by atoms with Crippen LogP contribution in [0.3, 0.4) is 0 Å². The van der Waals surface area contributed by atoms with Gasteiger partial charge >= 0.3 is 0 Å². The van der Waals surface area contributed by atoms with Gasteiger partial charge in [0.2, 0.25) is 0 Å². The number of hydrogen-bond donors (Lipinski definition) is 1. The largest absolute Gasteiger partial charge is 0.377 e. The summed E-state index contributed by atoms with van der Waals surface area (Å²) in [6, 6.07) is 2.57. The third kappa shape index (κ3) is 3.02. The van der Waals surface area contributed by atoms with Gasteiger partial charge in [-0.15, -0.1) is 0 Å². The first-order chi connectivity index (χ1) is 8.76. The van der Waals surface area contributed by atoms with Crippen molar-refractivity contribution in [1.29, 1.82) is 0 Å². The molecule has 0 saturated carbocycles. The molecule has 0 spiro atoms. The van der Waals surface area contributed by atoms with Crippen molar-refractivity contribution in [1.82, 2.24) is 10.3 Å². The number of morpholine rings is 1. The second-order valence-corrected chi connectivity index (χ2v) is 5.41. The number of rotatable bonds is 4. The Morgan fingerprint density at radius 2 is 2.44 bits per heavy atom. The number of ether oxygens (including phenoxy) is 1. The number of pyridine rings is 1. The SMILES string of the molecule is CCC1COCCN1c1ncc(Br)cc1CNC. The third-order valence-electron chi connectivity index (χ3n) is 3.25. The van der Waals surface area contributed by atoms with Crippen LogP contribution in [-0.4, -0.2) is 37.8 Å². The van der Waals surface area contributed by atoms with Crippen LogP contribution >= 0.6 is 15.9 Å². The molecular weight excluding hydrogens is 294 g/mol. The highest BCUT2D eigenvalue weighted by Crippen LogP contribution is 2.25. The van der Waals surface area contributed by atoms with Crippen LogP contribution in [0.2, 0.25) is 0 Å². The van der Waals surface area contributed by atoms with Gasteiger partial charge in [-0.25, -0.2) is 4.98 Å². The van der Waals surface area contributed by atoms with Crippen LogP contribution in [0.5, 0.6) is 0 Å². The molecule has 0 aliphatic carbocycles. The Morgan fingerprint density at radius 1 is 1.61 bits per heavy atom. The maximum atomic E-state index is 5.55. The van der Waals surface area contributed by atoms with Gasteiger partial charge in [0.05, 0.1) is 19.3 Å². The van der Waals surface area contributed by atoms with Crippen LogP contribution in [0.4, 0.5) is 5.82 Å². The lowest BCUT2D eigenvalue weighted by molar-refractivity contribution is 0.0924. The topological polar surface area (TPSA) is 37.4 Å². The highest BCUT2D eigenvalue weighted by Gasteiger charge is 2.24. The molecule has 100 valence electrons. The predicted molar refractivity (Wildman–Crippen MR) is 76.9 cm³/mol. The lowest BCUT2D eigenvalue weighted by Gasteiger charge is -2.37. The first-order valence-corrected chi connectivity index (χ1v) is 7.19. The van der Waals surface area contributed by atoms with E-state index in [1.807, 2.05) is 13.2 Å². The fourth-order valence-electron chi connectivity index (χ4n) is 2.33. The maximum absolute atomic E-state index is 5.55. The van der Waals surface area contributed by atoms with E-state index in [1.54, 1.807) is 0 Å². The highest BCUT2D eigenvalue weighted by molar-refractivity contribution is 9.10. The fourth-order valence-corrected chi connectivity index (χ4v) is 2.70. The smallest absolute Gasteiger partial charge is 0.133 e. The molecule has 5 heteroatoms. The maximum Gasteiger partial charge on any atom is 0.133 e. The molecule has 1 aliphatic rings. The Balaban J connectivity index is 2.29. The van der Waals surface area contributed by atoms with Gasteiger partial charge in [0.15, 0.2) is 0 Å². The van der Waals surface area contributed by atoms with E-state index in [0.717, 1.165) is 43.0 Å². The minimum atomic E-state index is 0.433. The molecule has 18 heavy (non-hydrogen) atoms. The molecule has 1 saturated heterocycles. The van der Waals surface area contributed by atoms with E-state index < -0.39 is 0 Å². The standard InChI is InChI=1S/C13H20BrN3O/c1-3-12-9-18-5-4-17(12)13-10(7-15-2)6-11(14)8-16-13/h6,8,12,15H,3-5,7,9H2,1-2H3. The Bertz CT molecular complexity index is 400. The molecule has 1 N–H and O–H groups in total. The molecule has 0 amide bonds. The summed E-state index contributed by atoms with van der Waals surface area (Å²) in [5.41, 5.74) is 1.23. The van der Waals surface area contributed by atoms with Gasteiger partial charge in [0.25, 0.3) is 0 Å². The van der Waals surface area contributed by atoms with E-state index in [0.29, 0.717) is 6.04 Å². The molecule has 0 aromatic carbocycles. The number of nitrogens with zero attached hydrogens (tertiary/aromatic N) is 2. The van der Waals surface area contributed by atoms with Crippen LogP contribution in [0.25, 0.3) is 0 Å². The van der Waals surface area contributed by atoms with E-state index in [1.165, 1.54) is 5.56 Å². The summed E-state index contributed by atoms with van der Waals surface area (Å²) in [7, 11) is 1.96. The lowest BCUT2D eigenvalue weighted by atomic mass is 10.1. The van der Waals surface area contributed by atoms with Gasteiger partial charge in [-0.3, -0.25) is 0 Å². The molecule has 1 unspecified atom stereocenters. The van der Waals surface area contributed by atoms with Crippen molar-refractivity contribution in [2.45, 2.75) is 25.9 Å². The van der Waals surface area contributed by atoms with Gasteiger partial charge in [-0.2, -0.15) is 0 Å². The van der Waals surface area contributed by atoms with E-state index in [4.69, 9.17) is 4.74 Å². The molecule has 1 atom stereocenters. The molecule has 0 radical (unpaired) electrons. The lowest BCUT2D eigenvalue weighted by Crippen LogP contribution is -2.46. The van der Waals surface area contributed by atoms with Gasteiger partial charge in [-0.05, 0) is 35.5 Å². The molecule has 1 aromatic heterocycles. The van der Waals surface area contributed by atoms with Crippen molar-refractivity contribution < 1.29 is 4.74 Å². The minimum Gasteiger partial charge on any atom is -0.377 e. The first kappa shape index (κ1) is 13.8. The predicted octanol–water partition coefficient (Wildman–Crippen LogP) is 2.18. The van der Waals surface area contributed by atoms with Gasteiger partial charge in [0.1, 0.15) is 5.82 Å². The van der Waals surface area contributed by atoms with Crippen molar-refractivity contribution in [2.75, 3.05) is 31.7 Å². The van der Waals surface area contributed by atoms with Crippen LogP contribution in [0, 0.1) is 0 Å². The number of anilines is 1. The third-order valence-corrected chi connectivity index (χ3v) is 3.68. The van der Waals surface area contributed by atoms with Gasteiger partial charge < -0.3 is 15.0 Å². The zero-order valence-corrected chi connectivity index (χ0v) is 12.5. The zero-order valence-electron chi connectivity index (χ0n) is 10.9. The Hall–Kier alpha value is -0.650. The van der Waals surface area contributed by atoms with E-state index in [-0.39, 0.29) is 0 Å². The molecule has 4 nitrogen and oxygen atoms in total. The van der Waals surface area contributed by atoms with E-state index >= 15 is 0 Å². The summed E-state index contributed by atoms with van der Waals surface area (Å²) in [6.07, 6.45) is 2.95. The summed E-state index contributed by atoms with van der Waals surface area (Å²) in [4.78, 5) is 6.98. The average Bonchev–Trinajstić information content (AvgIpc) is 2.39. The highest BCUT2D eigenvalue weighted by atomic mass is 79.9. The minimum absolute atomic E-state index is 0.433. The van der Waals surface area contributed by atoms with E-state index in [2.05, 4.69) is 44.1 Å². The monoisotopic (exact) mass is 313 g/mol. The second-order valence-electron chi connectivity index (χ2n) is 4.50. The summed E-state index contributed by atoms with van der Waals surface area (Å²) < 4.78 is 6.58. The van der Waals surface area contributed by atoms with Crippen molar-refractivity contribution in [2.24, 2.45) is 0 Å². The average molecular weight is 314 g/mol.